The molecule has 2 heterocycles. The number of aromatic nitrogens is 2. The third-order valence-electron chi connectivity index (χ3n) is 3.67. The number of thiazole rings is 1. The molecule has 0 aliphatic carbocycles. The average Bonchev–Trinajstić information content (AvgIpc) is 3.31. The summed E-state index contributed by atoms with van der Waals surface area (Å²) >= 11 is 1.48. The number of hydrogen-bond acceptors (Lipinski definition) is 6. The fourth-order valence-electron chi connectivity index (χ4n) is 2.14. The molecule has 0 saturated heterocycles. The Morgan fingerprint density at radius 3 is 2.96 bits per heavy atom. The largest absolute Gasteiger partial charge is 0.481 e. The van der Waals surface area contributed by atoms with Crippen molar-refractivity contribution in [3.8, 4) is 5.75 Å². The third kappa shape index (κ3) is 3.85. The summed E-state index contributed by atoms with van der Waals surface area (Å²) in [4.78, 5) is 22.4. The van der Waals surface area contributed by atoms with E-state index in [9.17, 15) is 9.18 Å². The highest BCUT2D eigenvalue weighted by molar-refractivity contribution is 7.09. The van der Waals surface area contributed by atoms with Crippen LogP contribution in [0.4, 0.5) is 4.39 Å². The van der Waals surface area contributed by atoms with Crippen LogP contribution in [0.5, 0.6) is 5.75 Å². The topological polar surface area (TPSA) is 68.5 Å². The number of amides is 1. The monoisotopic (exact) mass is 361 g/mol. The van der Waals surface area contributed by atoms with Crippen LogP contribution in [0.2, 0.25) is 0 Å². The van der Waals surface area contributed by atoms with Crippen LogP contribution >= 0.6 is 11.3 Å². The maximum Gasteiger partial charge on any atom is 0.276 e. The fraction of sp³-hybridized carbons (Fsp3) is 0.235. The van der Waals surface area contributed by atoms with Gasteiger partial charge in [-0.05, 0) is 19.1 Å². The van der Waals surface area contributed by atoms with Crippen molar-refractivity contribution in [3.05, 3.63) is 64.5 Å². The highest BCUT2D eigenvalue weighted by Crippen LogP contribution is 2.22. The lowest BCUT2D eigenvalue weighted by Gasteiger charge is -2.21. The Kier molecular flexibility index (Phi) is 5.08. The van der Waals surface area contributed by atoms with Gasteiger partial charge in [0, 0.05) is 18.6 Å². The minimum atomic E-state index is -0.470. The minimum absolute atomic E-state index is 0.0695. The molecule has 0 N–H and O–H groups in total. The normalized spacial score (nSPS) is 12.0. The summed E-state index contributed by atoms with van der Waals surface area (Å²) in [5, 5.41) is 2.70. The molecule has 2 aromatic heterocycles. The Bertz CT molecular complexity index is 850. The Hall–Kier alpha value is -2.74. The summed E-state index contributed by atoms with van der Waals surface area (Å²) in [6.07, 6.45) is 2.97. The van der Waals surface area contributed by atoms with E-state index < -0.39 is 5.82 Å². The second-order valence-corrected chi connectivity index (χ2v) is 6.23. The highest BCUT2D eigenvalue weighted by atomic mass is 32.1. The van der Waals surface area contributed by atoms with Gasteiger partial charge in [0.2, 0.25) is 5.89 Å². The first-order valence-corrected chi connectivity index (χ1v) is 8.42. The summed E-state index contributed by atoms with van der Waals surface area (Å²) in [6, 6.07) is 5.87. The molecule has 25 heavy (non-hydrogen) atoms. The Morgan fingerprint density at radius 1 is 1.44 bits per heavy atom. The second kappa shape index (κ2) is 7.43. The van der Waals surface area contributed by atoms with Crippen molar-refractivity contribution in [1.82, 2.24) is 14.9 Å². The van der Waals surface area contributed by atoms with Crippen molar-refractivity contribution in [2.75, 3.05) is 7.05 Å². The average molecular weight is 361 g/mol. The first-order chi connectivity index (χ1) is 12.1. The number of nitrogens with zero attached hydrogens (tertiary/aromatic N) is 3. The van der Waals surface area contributed by atoms with E-state index >= 15 is 0 Å². The zero-order valence-electron chi connectivity index (χ0n) is 13.7. The molecule has 0 bridgehead atoms. The molecule has 0 saturated carbocycles. The number of halogens is 1. The maximum atomic E-state index is 13.5. The van der Waals surface area contributed by atoms with Gasteiger partial charge in [0.1, 0.15) is 11.3 Å². The van der Waals surface area contributed by atoms with Crippen LogP contribution in [0.15, 0.2) is 46.5 Å². The number of para-hydroxylation sites is 1. The van der Waals surface area contributed by atoms with Gasteiger partial charge in [0.25, 0.3) is 5.91 Å². The predicted octanol–water partition coefficient (Wildman–Crippen LogP) is 3.68. The molecule has 3 aromatic rings. The minimum Gasteiger partial charge on any atom is -0.481 e. The van der Waals surface area contributed by atoms with E-state index in [1.165, 1.54) is 34.6 Å². The Balaban J connectivity index is 1.64. The molecule has 1 aromatic carbocycles. The van der Waals surface area contributed by atoms with E-state index in [0.717, 1.165) is 5.01 Å². The van der Waals surface area contributed by atoms with Gasteiger partial charge in [0.15, 0.2) is 23.9 Å². The molecule has 0 fully saturated rings. The van der Waals surface area contributed by atoms with E-state index in [2.05, 4.69) is 9.97 Å². The quantitative estimate of drug-likeness (QED) is 0.670. The molecular weight excluding hydrogens is 345 g/mol. The molecule has 1 atom stereocenters. The van der Waals surface area contributed by atoms with Crippen molar-refractivity contribution >= 4 is 17.2 Å². The second-order valence-electron chi connectivity index (χ2n) is 5.31. The zero-order chi connectivity index (χ0) is 17.8. The number of ether oxygens (including phenoxy) is 1. The molecule has 0 aliphatic rings. The van der Waals surface area contributed by atoms with Gasteiger partial charge in [-0.2, -0.15) is 0 Å². The van der Waals surface area contributed by atoms with Crippen LogP contribution in [-0.4, -0.2) is 27.8 Å². The number of carbonyl (C=O) groups is 1. The fourth-order valence-corrected chi connectivity index (χ4v) is 2.88. The lowest BCUT2D eigenvalue weighted by molar-refractivity contribution is 0.0736. The van der Waals surface area contributed by atoms with Crippen LogP contribution in [0, 0.1) is 5.82 Å². The molecule has 3 rings (SSSR count). The SMILES string of the molecule is C[C@H](c1nccs1)N(C)C(=O)c1coc(COc2ccccc2F)n1. The first kappa shape index (κ1) is 17.1. The van der Waals surface area contributed by atoms with Gasteiger partial charge in [-0.15, -0.1) is 11.3 Å². The summed E-state index contributed by atoms with van der Waals surface area (Å²) in [7, 11) is 1.68. The van der Waals surface area contributed by atoms with Crippen LogP contribution in [0.25, 0.3) is 0 Å². The van der Waals surface area contributed by atoms with E-state index in [0.29, 0.717) is 0 Å². The van der Waals surface area contributed by atoms with E-state index in [-0.39, 0.29) is 35.9 Å². The number of hydrogen-bond donors (Lipinski definition) is 0. The summed E-state index contributed by atoms with van der Waals surface area (Å²) in [6.45, 7) is 1.82. The van der Waals surface area contributed by atoms with E-state index in [4.69, 9.17) is 9.15 Å². The van der Waals surface area contributed by atoms with Gasteiger partial charge >= 0.3 is 0 Å². The maximum absolute atomic E-state index is 13.5. The zero-order valence-corrected chi connectivity index (χ0v) is 14.5. The Morgan fingerprint density at radius 2 is 2.24 bits per heavy atom. The smallest absolute Gasteiger partial charge is 0.276 e. The van der Waals surface area contributed by atoms with Crippen molar-refractivity contribution < 1.29 is 18.3 Å². The standard InChI is InChI=1S/C17H16FN3O3S/c1-11(16-19-7-8-25-16)21(2)17(22)13-9-24-15(20-13)10-23-14-6-4-3-5-12(14)18/h3-9,11H,10H2,1-2H3/t11-/m1/s1. The van der Waals surface area contributed by atoms with Crippen molar-refractivity contribution in [3.63, 3.8) is 0 Å². The van der Waals surface area contributed by atoms with Crippen molar-refractivity contribution in [1.29, 1.82) is 0 Å². The molecule has 1 amide bonds. The molecular formula is C17H16FN3O3S. The summed E-state index contributed by atoms with van der Waals surface area (Å²) in [5.74, 6) is -0.462. The van der Waals surface area contributed by atoms with Gasteiger partial charge in [0.05, 0.1) is 6.04 Å². The van der Waals surface area contributed by atoms with Crippen molar-refractivity contribution in [2.24, 2.45) is 0 Å². The predicted molar refractivity (Wildman–Crippen MR) is 89.9 cm³/mol. The number of oxazole rings is 1. The number of rotatable bonds is 6. The first-order valence-electron chi connectivity index (χ1n) is 7.54. The molecule has 6 nitrogen and oxygen atoms in total. The molecule has 0 radical (unpaired) electrons. The number of benzene rings is 1. The van der Waals surface area contributed by atoms with Crippen LogP contribution in [0.3, 0.4) is 0 Å². The van der Waals surface area contributed by atoms with Gasteiger partial charge in [-0.25, -0.2) is 14.4 Å². The van der Waals surface area contributed by atoms with Crippen LogP contribution in [0.1, 0.15) is 34.4 Å². The molecule has 0 aliphatic heterocycles. The van der Waals surface area contributed by atoms with Gasteiger partial charge in [-0.3, -0.25) is 4.79 Å². The van der Waals surface area contributed by atoms with Crippen molar-refractivity contribution in [2.45, 2.75) is 19.6 Å². The van der Waals surface area contributed by atoms with Gasteiger partial charge in [-0.1, -0.05) is 12.1 Å². The Labute approximate surface area is 147 Å². The van der Waals surface area contributed by atoms with Crippen LogP contribution < -0.4 is 4.74 Å². The molecule has 8 heteroatoms. The third-order valence-corrected chi connectivity index (χ3v) is 4.61. The molecule has 130 valence electrons. The van der Waals surface area contributed by atoms with Crippen LogP contribution in [-0.2, 0) is 6.61 Å². The lowest BCUT2D eigenvalue weighted by atomic mass is 10.3. The summed E-state index contributed by atoms with van der Waals surface area (Å²) in [5.41, 5.74) is 0.165. The van der Waals surface area contributed by atoms with E-state index in [1.807, 2.05) is 12.3 Å². The highest BCUT2D eigenvalue weighted by Gasteiger charge is 2.23. The lowest BCUT2D eigenvalue weighted by Crippen LogP contribution is -2.29. The molecule has 0 unspecified atom stereocenters. The number of carbonyl (C=O) groups excluding carboxylic acids is 1. The van der Waals surface area contributed by atoms with E-state index in [1.54, 1.807) is 25.4 Å². The molecule has 0 spiro atoms. The van der Waals surface area contributed by atoms with Gasteiger partial charge < -0.3 is 14.1 Å². The summed E-state index contributed by atoms with van der Waals surface area (Å²) < 4.78 is 24.1.